The van der Waals surface area contributed by atoms with Gasteiger partial charge in [-0.15, -0.1) is 0 Å². The Bertz CT molecular complexity index is 423. The number of carbonyl (C=O) groups is 1. The van der Waals surface area contributed by atoms with Crippen LogP contribution in [0.15, 0.2) is 30.3 Å². The number of hydrogen-bond acceptors (Lipinski definition) is 4. The molecule has 1 aromatic carbocycles. The quantitative estimate of drug-likeness (QED) is 0.778. The number of benzene rings is 1. The van der Waals surface area contributed by atoms with Crippen LogP contribution in [0, 0.1) is 0 Å². The van der Waals surface area contributed by atoms with E-state index in [9.17, 15) is 4.79 Å². The Labute approximate surface area is 120 Å². The first-order valence-electron chi connectivity index (χ1n) is 7.21. The summed E-state index contributed by atoms with van der Waals surface area (Å²) in [5.41, 5.74) is 0.816. The summed E-state index contributed by atoms with van der Waals surface area (Å²) in [4.78, 5) is 12.1. The second kappa shape index (κ2) is 6.86. The molecule has 1 aliphatic rings. The Morgan fingerprint density at radius 1 is 1.35 bits per heavy atom. The maximum Gasteiger partial charge on any atom is 0.327 e. The van der Waals surface area contributed by atoms with Crippen molar-refractivity contribution in [3.05, 3.63) is 35.9 Å². The summed E-state index contributed by atoms with van der Waals surface area (Å²) in [6, 6.07) is 9.25. The van der Waals surface area contributed by atoms with Crippen LogP contribution in [-0.4, -0.2) is 31.8 Å². The number of esters is 1. The zero-order valence-corrected chi connectivity index (χ0v) is 12.2. The van der Waals surface area contributed by atoms with Crippen LogP contribution >= 0.6 is 0 Å². The molecule has 0 spiro atoms. The minimum Gasteiger partial charge on any atom is -0.465 e. The fourth-order valence-corrected chi connectivity index (χ4v) is 2.52. The van der Waals surface area contributed by atoms with Gasteiger partial charge in [-0.3, -0.25) is 5.32 Å². The summed E-state index contributed by atoms with van der Waals surface area (Å²) in [5, 5.41) is 3.31. The van der Waals surface area contributed by atoms with Crippen LogP contribution in [0.1, 0.15) is 37.8 Å². The molecule has 0 amide bonds. The van der Waals surface area contributed by atoms with E-state index in [0.29, 0.717) is 13.2 Å². The summed E-state index contributed by atoms with van der Waals surface area (Å²) in [6.45, 7) is 2.88. The van der Waals surface area contributed by atoms with Crippen molar-refractivity contribution >= 4 is 5.97 Å². The standard InChI is InChI=1S/C16H23NO3/c1-3-20-15(18)14(13-8-5-4-6-9-13)17-12-16(19-2)10-7-11-16/h4-6,8-9,14,17H,3,7,10-12H2,1-2H3. The lowest BCUT2D eigenvalue weighted by atomic mass is 9.79. The molecule has 110 valence electrons. The average Bonchev–Trinajstić information content (AvgIpc) is 2.43. The molecule has 20 heavy (non-hydrogen) atoms. The molecule has 4 nitrogen and oxygen atoms in total. The van der Waals surface area contributed by atoms with Crippen molar-refractivity contribution in [3.8, 4) is 0 Å². The van der Waals surface area contributed by atoms with Gasteiger partial charge in [0.15, 0.2) is 0 Å². The van der Waals surface area contributed by atoms with E-state index in [1.807, 2.05) is 37.3 Å². The average molecular weight is 277 g/mol. The van der Waals surface area contributed by atoms with Crippen molar-refractivity contribution < 1.29 is 14.3 Å². The van der Waals surface area contributed by atoms with E-state index in [1.54, 1.807) is 7.11 Å². The van der Waals surface area contributed by atoms with Crippen molar-refractivity contribution in [3.63, 3.8) is 0 Å². The van der Waals surface area contributed by atoms with E-state index in [1.165, 1.54) is 6.42 Å². The number of carbonyl (C=O) groups excluding carboxylic acids is 1. The maximum atomic E-state index is 12.1. The maximum absolute atomic E-state index is 12.1. The van der Waals surface area contributed by atoms with Crippen LogP contribution in [0.4, 0.5) is 0 Å². The first-order chi connectivity index (χ1) is 9.71. The van der Waals surface area contributed by atoms with Gasteiger partial charge in [-0.1, -0.05) is 30.3 Å². The Kier molecular flexibility index (Phi) is 5.15. The third-order valence-electron chi connectivity index (χ3n) is 3.98. The lowest BCUT2D eigenvalue weighted by molar-refractivity contribution is -0.146. The van der Waals surface area contributed by atoms with Crippen molar-refractivity contribution in [1.82, 2.24) is 5.32 Å². The number of hydrogen-bond donors (Lipinski definition) is 1. The van der Waals surface area contributed by atoms with E-state index in [0.717, 1.165) is 18.4 Å². The molecule has 1 unspecified atom stereocenters. The minimum atomic E-state index is -0.427. The lowest BCUT2D eigenvalue weighted by Crippen LogP contribution is -2.49. The normalized spacial score (nSPS) is 18.1. The van der Waals surface area contributed by atoms with Gasteiger partial charge >= 0.3 is 5.97 Å². The molecule has 0 saturated heterocycles. The third-order valence-corrected chi connectivity index (χ3v) is 3.98. The first kappa shape index (κ1) is 15.0. The number of rotatable bonds is 7. The van der Waals surface area contributed by atoms with Crippen LogP contribution in [0.3, 0.4) is 0 Å². The molecule has 1 saturated carbocycles. The molecule has 1 fully saturated rings. The van der Waals surface area contributed by atoms with Gasteiger partial charge in [-0.2, -0.15) is 0 Å². The molecule has 0 heterocycles. The van der Waals surface area contributed by atoms with Gasteiger partial charge in [0, 0.05) is 13.7 Å². The van der Waals surface area contributed by atoms with Crippen LogP contribution in [-0.2, 0) is 14.3 Å². The Hall–Kier alpha value is -1.39. The monoisotopic (exact) mass is 277 g/mol. The Morgan fingerprint density at radius 3 is 2.55 bits per heavy atom. The summed E-state index contributed by atoms with van der Waals surface area (Å²) < 4.78 is 10.8. The van der Waals surface area contributed by atoms with E-state index in [4.69, 9.17) is 9.47 Å². The summed E-state index contributed by atoms with van der Waals surface area (Å²) >= 11 is 0. The highest BCUT2D eigenvalue weighted by Gasteiger charge is 2.38. The second-order valence-electron chi connectivity index (χ2n) is 5.22. The van der Waals surface area contributed by atoms with E-state index < -0.39 is 6.04 Å². The number of methoxy groups -OCH3 is 1. The predicted molar refractivity (Wildman–Crippen MR) is 77.4 cm³/mol. The lowest BCUT2D eigenvalue weighted by Gasteiger charge is -2.41. The third kappa shape index (κ3) is 3.38. The van der Waals surface area contributed by atoms with Gasteiger partial charge in [0.25, 0.3) is 0 Å². The summed E-state index contributed by atoms with van der Waals surface area (Å²) in [6.07, 6.45) is 3.27. The van der Waals surface area contributed by atoms with Gasteiger partial charge in [-0.25, -0.2) is 4.79 Å². The molecule has 4 heteroatoms. The predicted octanol–water partition coefficient (Wildman–Crippen LogP) is 2.45. The Morgan fingerprint density at radius 2 is 2.05 bits per heavy atom. The van der Waals surface area contributed by atoms with Gasteiger partial charge in [0.05, 0.1) is 12.2 Å². The van der Waals surface area contributed by atoms with Crippen molar-refractivity contribution in [2.45, 2.75) is 37.8 Å². The van der Waals surface area contributed by atoms with E-state index in [-0.39, 0.29) is 11.6 Å². The van der Waals surface area contributed by atoms with E-state index in [2.05, 4.69) is 5.32 Å². The number of nitrogens with one attached hydrogen (secondary N) is 1. The van der Waals surface area contributed by atoms with Gasteiger partial charge < -0.3 is 9.47 Å². The largest absolute Gasteiger partial charge is 0.465 e. The summed E-state index contributed by atoms with van der Waals surface area (Å²) in [5.74, 6) is -0.232. The first-order valence-corrected chi connectivity index (χ1v) is 7.21. The summed E-state index contributed by atoms with van der Waals surface area (Å²) in [7, 11) is 1.74. The van der Waals surface area contributed by atoms with Crippen molar-refractivity contribution in [2.24, 2.45) is 0 Å². The molecule has 1 atom stereocenters. The molecule has 1 aliphatic carbocycles. The molecule has 0 radical (unpaired) electrons. The van der Waals surface area contributed by atoms with Crippen molar-refractivity contribution in [1.29, 1.82) is 0 Å². The van der Waals surface area contributed by atoms with Gasteiger partial charge in [-0.05, 0) is 31.7 Å². The van der Waals surface area contributed by atoms with E-state index >= 15 is 0 Å². The molecule has 2 rings (SSSR count). The minimum absolute atomic E-state index is 0.112. The molecular weight excluding hydrogens is 254 g/mol. The zero-order valence-electron chi connectivity index (χ0n) is 12.2. The number of ether oxygens (including phenoxy) is 2. The molecule has 0 aliphatic heterocycles. The second-order valence-corrected chi connectivity index (χ2v) is 5.22. The van der Waals surface area contributed by atoms with Crippen molar-refractivity contribution in [2.75, 3.05) is 20.3 Å². The fourth-order valence-electron chi connectivity index (χ4n) is 2.52. The fraction of sp³-hybridized carbons (Fsp3) is 0.562. The molecule has 0 bridgehead atoms. The van der Waals surface area contributed by atoms with Crippen LogP contribution in [0.25, 0.3) is 0 Å². The van der Waals surface area contributed by atoms with Crippen LogP contribution in [0.2, 0.25) is 0 Å². The molecule has 0 aromatic heterocycles. The smallest absolute Gasteiger partial charge is 0.327 e. The molecule has 1 aromatic rings. The molecular formula is C16H23NO3. The SMILES string of the molecule is CCOC(=O)C(NCC1(OC)CCC1)c1ccccc1. The highest BCUT2D eigenvalue weighted by molar-refractivity contribution is 5.77. The zero-order chi connectivity index (χ0) is 14.4. The molecule has 1 N–H and O–H groups in total. The van der Waals surface area contributed by atoms with Gasteiger partial charge in [0.2, 0.25) is 0 Å². The van der Waals surface area contributed by atoms with Gasteiger partial charge in [0.1, 0.15) is 6.04 Å². The topological polar surface area (TPSA) is 47.6 Å². The van der Waals surface area contributed by atoms with Crippen LogP contribution < -0.4 is 5.32 Å². The van der Waals surface area contributed by atoms with Crippen LogP contribution in [0.5, 0.6) is 0 Å². The Balaban J connectivity index is 2.05. The highest BCUT2D eigenvalue weighted by Crippen LogP contribution is 2.34. The highest BCUT2D eigenvalue weighted by atomic mass is 16.5.